The molecule has 0 saturated carbocycles. The Bertz CT molecular complexity index is 1030. The maximum Gasteiger partial charge on any atom is 0.119 e. The van der Waals surface area contributed by atoms with E-state index in [0.717, 1.165) is 11.4 Å². The van der Waals surface area contributed by atoms with Crippen LogP contribution in [0.4, 0.5) is 0 Å². The summed E-state index contributed by atoms with van der Waals surface area (Å²) in [5.74, 6) is 2.49. The van der Waals surface area contributed by atoms with Crippen LogP contribution < -0.4 is 4.74 Å². The van der Waals surface area contributed by atoms with Crippen molar-refractivity contribution in [1.82, 2.24) is 4.98 Å². The van der Waals surface area contributed by atoms with Crippen molar-refractivity contribution >= 4 is 10.8 Å². The number of hydrogen-bond donors (Lipinski definition) is 0. The van der Waals surface area contributed by atoms with Crippen LogP contribution >= 0.6 is 0 Å². The number of rotatable bonds is 6. The van der Waals surface area contributed by atoms with Crippen LogP contribution in [0.3, 0.4) is 0 Å². The summed E-state index contributed by atoms with van der Waals surface area (Å²) in [5, 5.41) is 2.41. The molecule has 0 atom stereocenters. The second kappa shape index (κ2) is 8.26. The summed E-state index contributed by atoms with van der Waals surface area (Å²) in [5.41, 5.74) is 3.41. The van der Waals surface area contributed by atoms with Crippen LogP contribution in [0, 0.1) is 11.8 Å². The Balaban J connectivity index is 1.60. The zero-order chi connectivity index (χ0) is 19.3. The first-order valence-corrected chi connectivity index (χ1v) is 9.70. The van der Waals surface area contributed by atoms with E-state index in [9.17, 15) is 0 Å². The van der Waals surface area contributed by atoms with Gasteiger partial charge in [-0.2, -0.15) is 0 Å². The third kappa shape index (κ3) is 3.91. The van der Waals surface area contributed by atoms with Gasteiger partial charge in [0.05, 0.1) is 11.6 Å². The quantitative estimate of drug-likeness (QED) is 0.392. The van der Waals surface area contributed by atoms with Crippen molar-refractivity contribution < 1.29 is 4.74 Å². The smallest absolute Gasteiger partial charge is 0.119 e. The minimum absolute atomic E-state index is 0.356. The number of fused-ring (bicyclic) bond motifs is 1. The predicted molar refractivity (Wildman–Crippen MR) is 115 cm³/mol. The molecule has 1 radical (unpaired) electrons. The lowest BCUT2D eigenvalue weighted by molar-refractivity contribution is 0.306. The molecule has 0 aliphatic rings. The van der Waals surface area contributed by atoms with Gasteiger partial charge in [0.2, 0.25) is 0 Å². The Hall–Kier alpha value is -3.13. The van der Waals surface area contributed by atoms with E-state index in [0.29, 0.717) is 12.5 Å². The highest BCUT2D eigenvalue weighted by Crippen LogP contribution is 2.34. The minimum atomic E-state index is 0.356. The summed E-state index contributed by atoms with van der Waals surface area (Å²) in [6.45, 7) is 5.02. The normalized spacial score (nSPS) is 11.3. The molecule has 1 heterocycles. The molecule has 4 rings (SSSR count). The first-order chi connectivity index (χ1) is 13.7. The zero-order valence-electron chi connectivity index (χ0n) is 16.3. The van der Waals surface area contributed by atoms with Crippen molar-refractivity contribution in [3.8, 4) is 5.75 Å². The molecule has 0 N–H and O–H groups in total. The highest BCUT2D eigenvalue weighted by atomic mass is 16.5. The Morgan fingerprint density at radius 2 is 1.54 bits per heavy atom. The van der Waals surface area contributed by atoms with E-state index in [-0.39, 0.29) is 0 Å². The number of hydrogen-bond acceptors (Lipinski definition) is 2. The van der Waals surface area contributed by atoms with Gasteiger partial charge in [0, 0.05) is 11.6 Å². The monoisotopic (exact) mass is 366 g/mol. The molecule has 0 saturated heterocycles. The molecule has 0 fully saturated rings. The van der Waals surface area contributed by atoms with Gasteiger partial charge < -0.3 is 4.74 Å². The lowest BCUT2D eigenvalue weighted by atomic mass is 9.83. The Kier molecular flexibility index (Phi) is 5.38. The van der Waals surface area contributed by atoms with E-state index in [2.05, 4.69) is 68.4 Å². The van der Waals surface area contributed by atoms with E-state index < -0.39 is 0 Å². The van der Waals surface area contributed by atoms with Crippen LogP contribution in [-0.2, 0) is 6.61 Å². The Labute approximate surface area is 166 Å². The maximum atomic E-state index is 5.94. The molecule has 0 spiro atoms. The fourth-order valence-corrected chi connectivity index (χ4v) is 3.55. The summed E-state index contributed by atoms with van der Waals surface area (Å²) in [6, 6.07) is 29.1. The molecule has 0 bridgehead atoms. The molecule has 0 amide bonds. The molecular weight excluding hydrogens is 342 g/mol. The van der Waals surface area contributed by atoms with Gasteiger partial charge in [-0.15, -0.1) is 0 Å². The van der Waals surface area contributed by atoms with Gasteiger partial charge in [0.25, 0.3) is 0 Å². The van der Waals surface area contributed by atoms with E-state index in [1.165, 1.54) is 27.8 Å². The third-order valence-electron chi connectivity index (χ3n) is 4.92. The number of pyridine rings is 1. The molecular formula is C26H24NO. The van der Waals surface area contributed by atoms with Gasteiger partial charge in [-0.25, -0.2) is 0 Å². The number of benzene rings is 3. The highest BCUT2D eigenvalue weighted by Gasteiger charge is 2.22. The summed E-state index contributed by atoms with van der Waals surface area (Å²) in [6.07, 6.45) is 1.90. The molecule has 139 valence electrons. The molecule has 0 unspecified atom stereocenters. The SMILES string of the molecule is CC(C)[C](c1ccc(OCc2ccccc2)cc1)c1nccc2ccccc12. The van der Waals surface area contributed by atoms with E-state index in [4.69, 9.17) is 9.72 Å². The third-order valence-corrected chi connectivity index (χ3v) is 4.92. The highest BCUT2D eigenvalue weighted by molar-refractivity contribution is 5.86. The first-order valence-electron chi connectivity index (χ1n) is 9.70. The second-order valence-corrected chi connectivity index (χ2v) is 7.25. The van der Waals surface area contributed by atoms with E-state index >= 15 is 0 Å². The predicted octanol–water partition coefficient (Wildman–Crippen LogP) is 6.44. The van der Waals surface area contributed by atoms with Crippen molar-refractivity contribution in [2.24, 2.45) is 5.92 Å². The van der Waals surface area contributed by atoms with Gasteiger partial charge in [-0.05, 0) is 40.6 Å². The number of aromatic nitrogens is 1. The average Bonchev–Trinajstić information content (AvgIpc) is 2.74. The fourth-order valence-electron chi connectivity index (χ4n) is 3.55. The van der Waals surface area contributed by atoms with Crippen molar-refractivity contribution in [3.63, 3.8) is 0 Å². The lowest BCUT2D eigenvalue weighted by Crippen LogP contribution is -2.12. The van der Waals surface area contributed by atoms with Crippen LogP contribution in [0.15, 0.2) is 91.1 Å². The molecule has 2 heteroatoms. The molecule has 28 heavy (non-hydrogen) atoms. The molecule has 4 aromatic rings. The summed E-state index contributed by atoms with van der Waals surface area (Å²) < 4.78 is 5.94. The molecule has 3 aromatic carbocycles. The van der Waals surface area contributed by atoms with Crippen molar-refractivity contribution in [1.29, 1.82) is 0 Å². The molecule has 0 aliphatic heterocycles. The van der Waals surface area contributed by atoms with E-state index in [1.807, 2.05) is 36.5 Å². The van der Waals surface area contributed by atoms with Crippen LogP contribution in [0.25, 0.3) is 10.8 Å². The molecule has 1 aromatic heterocycles. The topological polar surface area (TPSA) is 22.1 Å². The van der Waals surface area contributed by atoms with Gasteiger partial charge >= 0.3 is 0 Å². The average molecular weight is 366 g/mol. The van der Waals surface area contributed by atoms with E-state index in [1.54, 1.807) is 0 Å². The summed E-state index contributed by atoms with van der Waals surface area (Å²) in [4.78, 5) is 4.73. The fraction of sp³-hybridized carbons (Fsp3) is 0.154. The van der Waals surface area contributed by atoms with Crippen molar-refractivity contribution in [3.05, 3.63) is 114 Å². The van der Waals surface area contributed by atoms with Gasteiger partial charge in [-0.1, -0.05) is 80.6 Å². The minimum Gasteiger partial charge on any atom is -0.489 e. The summed E-state index contributed by atoms with van der Waals surface area (Å²) >= 11 is 0. The standard InChI is InChI=1S/C26H24NO/c1-19(2)25(26-24-11-7-6-10-21(24)16-17-27-26)22-12-14-23(15-13-22)28-18-20-8-4-3-5-9-20/h3-17,19H,18H2,1-2H3. The Morgan fingerprint density at radius 1 is 0.821 bits per heavy atom. The lowest BCUT2D eigenvalue weighted by Gasteiger charge is -2.22. The van der Waals surface area contributed by atoms with Gasteiger partial charge in [0.15, 0.2) is 0 Å². The number of nitrogens with zero attached hydrogens (tertiary/aromatic N) is 1. The van der Waals surface area contributed by atoms with Crippen LogP contribution in [0.1, 0.15) is 30.7 Å². The van der Waals surface area contributed by atoms with Crippen LogP contribution in [0.2, 0.25) is 0 Å². The maximum absolute atomic E-state index is 5.94. The van der Waals surface area contributed by atoms with Gasteiger partial charge in [-0.3, -0.25) is 4.98 Å². The number of ether oxygens (including phenoxy) is 1. The van der Waals surface area contributed by atoms with Crippen molar-refractivity contribution in [2.75, 3.05) is 0 Å². The van der Waals surface area contributed by atoms with Crippen molar-refractivity contribution in [2.45, 2.75) is 20.5 Å². The van der Waals surface area contributed by atoms with Crippen LogP contribution in [0.5, 0.6) is 5.75 Å². The summed E-state index contributed by atoms with van der Waals surface area (Å²) in [7, 11) is 0. The zero-order valence-corrected chi connectivity index (χ0v) is 16.3. The Morgan fingerprint density at radius 3 is 2.29 bits per heavy atom. The second-order valence-electron chi connectivity index (χ2n) is 7.25. The molecule has 0 aliphatic carbocycles. The van der Waals surface area contributed by atoms with Crippen LogP contribution in [-0.4, -0.2) is 4.98 Å². The van der Waals surface area contributed by atoms with Gasteiger partial charge in [0.1, 0.15) is 12.4 Å². The first kappa shape index (κ1) is 18.2. The molecule has 2 nitrogen and oxygen atoms in total. The largest absolute Gasteiger partial charge is 0.489 e.